The standard InChI is InChI=1S/C10H17N3O/c1-3-13-5-4-9(11)10(13)8-6-14-12-7(8)2/h6,9-10H,3-5,11H2,1-2H3. The zero-order chi connectivity index (χ0) is 10.1. The topological polar surface area (TPSA) is 55.3 Å². The Labute approximate surface area is 84.0 Å². The third-order valence-corrected chi connectivity index (χ3v) is 3.06. The molecule has 4 heteroatoms. The molecule has 1 aromatic rings. The minimum atomic E-state index is 0.216. The molecule has 2 unspecified atom stereocenters. The van der Waals surface area contributed by atoms with Gasteiger partial charge in [0.25, 0.3) is 0 Å². The van der Waals surface area contributed by atoms with Gasteiger partial charge in [-0.15, -0.1) is 0 Å². The Bertz CT molecular complexity index is 310. The van der Waals surface area contributed by atoms with Crippen LogP contribution >= 0.6 is 0 Å². The second-order valence-corrected chi connectivity index (χ2v) is 3.88. The quantitative estimate of drug-likeness (QED) is 0.767. The summed E-state index contributed by atoms with van der Waals surface area (Å²) in [4.78, 5) is 2.38. The van der Waals surface area contributed by atoms with Gasteiger partial charge in [0.2, 0.25) is 0 Å². The first kappa shape index (κ1) is 9.68. The molecule has 0 bridgehead atoms. The third kappa shape index (κ3) is 1.44. The summed E-state index contributed by atoms with van der Waals surface area (Å²) in [5, 5.41) is 3.91. The maximum Gasteiger partial charge on any atom is 0.128 e. The predicted molar refractivity (Wildman–Crippen MR) is 53.8 cm³/mol. The molecule has 0 aromatic carbocycles. The number of aromatic nitrogens is 1. The molecule has 0 amide bonds. The van der Waals surface area contributed by atoms with Gasteiger partial charge in [0, 0.05) is 18.2 Å². The maximum atomic E-state index is 6.09. The lowest BCUT2D eigenvalue weighted by Crippen LogP contribution is -2.31. The van der Waals surface area contributed by atoms with Gasteiger partial charge < -0.3 is 10.3 Å². The highest BCUT2D eigenvalue weighted by atomic mass is 16.5. The van der Waals surface area contributed by atoms with Crippen LogP contribution < -0.4 is 5.73 Å². The molecule has 1 fully saturated rings. The van der Waals surface area contributed by atoms with Crippen LogP contribution in [0.3, 0.4) is 0 Å². The number of likely N-dealkylation sites (tertiary alicyclic amines) is 1. The van der Waals surface area contributed by atoms with Crippen molar-refractivity contribution in [3.05, 3.63) is 17.5 Å². The van der Waals surface area contributed by atoms with Crippen LogP contribution in [0.5, 0.6) is 0 Å². The number of hydrogen-bond acceptors (Lipinski definition) is 4. The molecule has 1 aliphatic rings. The summed E-state index contributed by atoms with van der Waals surface area (Å²) in [7, 11) is 0. The molecule has 2 atom stereocenters. The van der Waals surface area contributed by atoms with Crippen LogP contribution in [0.15, 0.2) is 10.8 Å². The van der Waals surface area contributed by atoms with Gasteiger partial charge in [0.05, 0.1) is 11.7 Å². The van der Waals surface area contributed by atoms with Crippen LogP contribution in [0, 0.1) is 6.92 Å². The van der Waals surface area contributed by atoms with Gasteiger partial charge in [-0.2, -0.15) is 0 Å². The van der Waals surface area contributed by atoms with Crippen molar-refractivity contribution in [3.8, 4) is 0 Å². The van der Waals surface area contributed by atoms with E-state index >= 15 is 0 Å². The molecule has 78 valence electrons. The summed E-state index contributed by atoms with van der Waals surface area (Å²) in [5.41, 5.74) is 8.21. The Morgan fingerprint density at radius 1 is 1.71 bits per heavy atom. The molecule has 4 nitrogen and oxygen atoms in total. The fourth-order valence-corrected chi connectivity index (χ4v) is 2.25. The molecule has 0 aliphatic carbocycles. The smallest absolute Gasteiger partial charge is 0.128 e. The Hall–Kier alpha value is -0.870. The normalized spacial score (nSPS) is 28.5. The average molecular weight is 195 g/mol. The van der Waals surface area contributed by atoms with E-state index in [1.165, 1.54) is 0 Å². The van der Waals surface area contributed by atoms with Crippen molar-refractivity contribution in [2.45, 2.75) is 32.4 Å². The number of nitrogens with two attached hydrogens (primary N) is 1. The highest BCUT2D eigenvalue weighted by Gasteiger charge is 2.33. The van der Waals surface area contributed by atoms with E-state index in [0.717, 1.165) is 30.8 Å². The Morgan fingerprint density at radius 2 is 2.50 bits per heavy atom. The lowest BCUT2D eigenvalue weighted by atomic mass is 10.0. The fraction of sp³-hybridized carbons (Fsp3) is 0.700. The van der Waals surface area contributed by atoms with Crippen molar-refractivity contribution in [2.24, 2.45) is 5.73 Å². The van der Waals surface area contributed by atoms with E-state index in [2.05, 4.69) is 17.0 Å². The van der Waals surface area contributed by atoms with Crippen molar-refractivity contribution in [2.75, 3.05) is 13.1 Å². The highest BCUT2D eigenvalue weighted by molar-refractivity contribution is 5.21. The van der Waals surface area contributed by atoms with Crippen LogP contribution in [-0.2, 0) is 0 Å². The molecular formula is C10H17N3O. The van der Waals surface area contributed by atoms with E-state index in [1.807, 2.05) is 6.92 Å². The van der Waals surface area contributed by atoms with E-state index < -0.39 is 0 Å². The van der Waals surface area contributed by atoms with Gasteiger partial charge in [-0.05, 0) is 19.9 Å². The molecule has 2 N–H and O–H groups in total. The van der Waals surface area contributed by atoms with Crippen LogP contribution in [0.4, 0.5) is 0 Å². The second-order valence-electron chi connectivity index (χ2n) is 3.88. The lowest BCUT2D eigenvalue weighted by Gasteiger charge is -2.24. The Balaban J connectivity index is 2.27. The number of aryl methyl sites for hydroxylation is 1. The van der Waals surface area contributed by atoms with Gasteiger partial charge in [0.1, 0.15) is 6.26 Å². The van der Waals surface area contributed by atoms with Gasteiger partial charge >= 0.3 is 0 Å². The zero-order valence-corrected chi connectivity index (χ0v) is 8.73. The summed E-state index contributed by atoms with van der Waals surface area (Å²) >= 11 is 0. The lowest BCUT2D eigenvalue weighted by molar-refractivity contribution is 0.259. The molecule has 0 spiro atoms. The molecule has 0 radical (unpaired) electrons. The fourth-order valence-electron chi connectivity index (χ4n) is 2.25. The van der Waals surface area contributed by atoms with Gasteiger partial charge in [-0.3, -0.25) is 4.90 Å². The Morgan fingerprint density at radius 3 is 3.07 bits per heavy atom. The second kappa shape index (κ2) is 3.71. The molecule has 0 saturated carbocycles. The van der Waals surface area contributed by atoms with Crippen LogP contribution in [-0.4, -0.2) is 29.2 Å². The predicted octanol–water partition coefficient (Wildman–Crippen LogP) is 1.08. The maximum absolute atomic E-state index is 6.09. The van der Waals surface area contributed by atoms with Gasteiger partial charge in [0.15, 0.2) is 0 Å². The summed E-state index contributed by atoms with van der Waals surface area (Å²) in [5.74, 6) is 0. The molecule has 1 aliphatic heterocycles. The van der Waals surface area contributed by atoms with E-state index in [1.54, 1.807) is 6.26 Å². The van der Waals surface area contributed by atoms with Gasteiger partial charge in [-0.1, -0.05) is 12.1 Å². The molecule has 2 rings (SSSR count). The van der Waals surface area contributed by atoms with Crippen molar-refractivity contribution in [3.63, 3.8) is 0 Å². The van der Waals surface area contributed by atoms with Gasteiger partial charge in [-0.25, -0.2) is 0 Å². The van der Waals surface area contributed by atoms with E-state index in [9.17, 15) is 0 Å². The third-order valence-electron chi connectivity index (χ3n) is 3.06. The first-order valence-electron chi connectivity index (χ1n) is 5.14. The van der Waals surface area contributed by atoms with Crippen molar-refractivity contribution >= 4 is 0 Å². The molecular weight excluding hydrogens is 178 g/mol. The monoisotopic (exact) mass is 195 g/mol. The minimum Gasteiger partial charge on any atom is -0.364 e. The SMILES string of the molecule is CCN1CCC(N)C1c1conc1C. The number of hydrogen-bond donors (Lipinski definition) is 1. The van der Waals surface area contributed by atoms with Crippen molar-refractivity contribution in [1.29, 1.82) is 0 Å². The van der Waals surface area contributed by atoms with Crippen LogP contribution in [0.1, 0.15) is 30.6 Å². The number of rotatable bonds is 2. The van der Waals surface area contributed by atoms with E-state index in [4.69, 9.17) is 10.3 Å². The number of likely N-dealkylation sites (N-methyl/N-ethyl adjacent to an activating group) is 1. The molecule has 1 saturated heterocycles. The Kier molecular flexibility index (Phi) is 2.56. The van der Waals surface area contributed by atoms with Crippen molar-refractivity contribution in [1.82, 2.24) is 10.1 Å². The van der Waals surface area contributed by atoms with Crippen molar-refractivity contribution < 1.29 is 4.52 Å². The van der Waals surface area contributed by atoms with Crippen LogP contribution in [0.25, 0.3) is 0 Å². The minimum absolute atomic E-state index is 0.216. The first-order valence-corrected chi connectivity index (χ1v) is 5.14. The number of nitrogens with zero attached hydrogens (tertiary/aromatic N) is 2. The molecule has 1 aromatic heterocycles. The highest BCUT2D eigenvalue weighted by Crippen LogP contribution is 2.32. The van der Waals surface area contributed by atoms with Crippen LogP contribution in [0.2, 0.25) is 0 Å². The summed E-state index contributed by atoms with van der Waals surface area (Å²) < 4.78 is 4.97. The molecule has 2 heterocycles. The first-order chi connectivity index (χ1) is 6.74. The summed E-state index contributed by atoms with van der Waals surface area (Å²) in [6.07, 6.45) is 2.79. The van der Waals surface area contributed by atoms with E-state index in [-0.39, 0.29) is 6.04 Å². The zero-order valence-electron chi connectivity index (χ0n) is 8.73. The average Bonchev–Trinajstić information content (AvgIpc) is 2.72. The van der Waals surface area contributed by atoms with E-state index in [0.29, 0.717) is 6.04 Å². The summed E-state index contributed by atoms with van der Waals surface area (Å²) in [6, 6.07) is 0.513. The largest absolute Gasteiger partial charge is 0.364 e. The summed E-state index contributed by atoms with van der Waals surface area (Å²) in [6.45, 7) is 6.24. The molecule has 14 heavy (non-hydrogen) atoms.